The molecule has 0 amide bonds. The maximum atomic E-state index is 5.97. The molecule has 0 spiro atoms. The number of hydrogen-bond acceptors (Lipinski definition) is 1. The van der Waals surface area contributed by atoms with E-state index in [0.717, 1.165) is 6.42 Å². The van der Waals surface area contributed by atoms with Crippen LogP contribution in [0.4, 0.5) is 0 Å². The number of rotatable bonds is 1. The molecule has 0 bridgehead atoms. The van der Waals surface area contributed by atoms with E-state index in [0.29, 0.717) is 0 Å². The van der Waals surface area contributed by atoms with Gasteiger partial charge in [0.25, 0.3) is 0 Å². The smallest absolute Gasteiger partial charge is 0.0815 e. The maximum Gasteiger partial charge on any atom is 0.0815 e. The van der Waals surface area contributed by atoms with E-state index in [2.05, 4.69) is 26.8 Å². The van der Waals surface area contributed by atoms with Gasteiger partial charge in [0.05, 0.1) is 17.1 Å². The molecule has 0 unspecified atom stereocenters. The first-order valence-corrected chi connectivity index (χ1v) is 4.41. The Bertz CT molecular complexity index is 157. The van der Waals surface area contributed by atoms with Gasteiger partial charge in [-0.2, -0.15) is 0 Å². The molecule has 0 N–H and O–H groups in total. The number of halogens is 1. The van der Waals surface area contributed by atoms with E-state index in [1.165, 1.54) is 0 Å². The maximum absolute atomic E-state index is 5.97. The van der Waals surface area contributed by atoms with Gasteiger partial charge in [0.2, 0.25) is 0 Å². The van der Waals surface area contributed by atoms with E-state index in [9.17, 15) is 0 Å². The van der Waals surface area contributed by atoms with Crippen LogP contribution in [0.2, 0.25) is 0 Å². The highest BCUT2D eigenvalue weighted by atomic mass is 35.5. The third-order valence-corrected chi connectivity index (χ3v) is 1.97. The molecule has 1 nitrogen and oxygen atoms in total. The third kappa shape index (κ3) is 2.84. The average Bonchev–Trinajstić information content (AvgIpc) is 2.12. The molecule has 0 aromatic heterocycles. The quantitative estimate of drug-likeness (QED) is 0.439. The van der Waals surface area contributed by atoms with Crippen molar-refractivity contribution < 1.29 is 4.74 Å². The Morgan fingerprint density at radius 3 is 2.45 bits per heavy atom. The summed E-state index contributed by atoms with van der Waals surface area (Å²) in [5, 5.41) is 0.0641. The minimum absolute atomic E-state index is 0.0641. The molecule has 0 heterocycles. The van der Waals surface area contributed by atoms with Crippen LogP contribution in [0.15, 0.2) is 12.2 Å². The molecule has 0 aromatic rings. The van der Waals surface area contributed by atoms with Gasteiger partial charge in [-0.3, -0.25) is 0 Å². The molecular formula is C9H15ClO. The predicted molar refractivity (Wildman–Crippen MR) is 48.0 cm³/mol. The van der Waals surface area contributed by atoms with Crippen LogP contribution in [0, 0.1) is 0 Å². The van der Waals surface area contributed by atoms with Crippen molar-refractivity contribution in [2.24, 2.45) is 0 Å². The summed E-state index contributed by atoms with van der Waals surface area (Å²) in [5.74, 6) is 0. The molecule has 0 aliphatic heterocycles. The molecule has 2 atom stereocenters. The lowest BCUT2D eigenvalue weighted by atomic mass is 10.1. The van der Waals surface area contributed by atoms with Gasteiger partial charge >= 0.3 is 0 Å². The zero-order valence-electron chi connectivity index (χ0n) is 7.30. The molecule has 0 fully saturated rings. The first-order valence-electron chi connectivity index (χ1n) is 3.97. The molecule has 1 rings (SSSR count). The second-order valence-corrected chi connectivity index (χ2v) is 4.38. The molecule has 64 valence electrons. The van der Waals surface area contributed by atoms with Crippen LogP contribution in [0.1, 0.15) is 27.2 Å². The Morgan fingerprint density at radius 1 is 1.45 bits per heavy atom. The largest absolute Gasteiger partial charge is 0.370 e. The summed E-state index contributed by atoms with van der Waals surface area (Å²) in [4.78, 5) is 0. The van der Waals surface area contributed by atoms with Crippen LogP contribution in [-0.2, 0) is 4.74 Å². The van der Waals surface area contributed by atoms with Gasteiger partial charge in [0, 0.05) is 0 Å². The number of ether oxygens (including phenoxy) is 1. The van der Waals surface area contributed by atoms with E-state index >= 15 is 0 Å². The van der Waals surface area contributed by atoms with E-state index in [1.54, 1.807) is 0 Å². The minimum atomic E-state index is -0.0795. The van der Waals surface area contributed by atoms with Crippen molar-refractivity contribution in [1.82, 2.24) is 0 Å². The van der Waals surface area contributed by atoms with Crippen LogP contribution in [-0.4, -0.2) is 17.1 Å². The molecule has 0 radical (unpaired) electrons. The lowest BCUT2D eigenvalue weighted by Gasteiger charge is -2.26. The third-order valence-electron chi connectivity index (χ3n) is 1.55. The van der Waals surface area contributed by atoms with Crippen LogP contribution >= 0.6 is 11.6 Å². The normalized spacial score (nSPS) is 31.3. The van der Waals surface area contributed by atoms with E-state index in [4.69, 9.17) is 16.3 Å². The first kappa shape index (κ1) is 9.08. The van der Waals surface area contributed by atoms with Crippen molar-refractivity contribution in [1.29, 1.82) is 0 Å². The van der Waals surface area contributed by atoms with Crippen LogP contribution in [0.25, 0.3) is 0 Å². The molecule has 0 aromatic carbocycles. The van der Waals surface area contributed by atoms with E-state index in [-0.39, 0.29) is 17.1 Å². The summed E-state index contributed by atoms with van der Waals surface area (Å²) in [6.45, 7) is 6.15. The Morgan fingerprint density at radius 2 is 2.09 bits per heavy atom. The number of hydrogen-bond donors (Lipinski definition) is 0. The first-order chi connectivity index (χ1) is 4.99. The van der Waals surface area contributed by atoms with Crippen molar-refractivity contribution >= 4 is 11.6 Å². The SMILES string of the molecule is CC(C)(C)O[C@@H]1CC=C[C@H]1Cl. The van der Waals surface area contributed by atoms with Gasteiger partial charge in [-0.05, 0) is 27.2 Å². The Labute approximate surface area is 73.4 Å². The molecule has 2 heteroatoms. The second-order valence-electron chi connectivity index (χ2n) is 3.88. The highest BCUT2D eigenvalue weighted by Crippen LogP contribution is 2.24. The van der Waals surface area contributed by atoms with Gasteiger partial charge in [-0.15, -0.1) is 11.6 Å². The highest BCUT2D eigenvalue weighted by Gasteiger charge is 2.25. The van der Waals surface area contributed by atoms with Gasteiger partial charge in [-0.1, -0.05) is 12.2 Å². The van der Waals surface area contributed by atoms with Crippen LogP contribution in [0.3, 0.4) is 0 Å². The summed E-state index contributed by atoms with van der Waals surface area (Å²) in [6.07, 6.45) is 5.20. The summed E-state index contributed by atoms with van der Waals surface area (Å²) in [6, 6.07) is 0. The van der Waals surface area contributed by atoms with Gasteiger partial charge in [0.15, 0.2) is 0 Å². The zero-order valence-corrected chi connectivity index (χ0v) is 8.06. The van der Waals surface area contributed by atoms with Gasteiger partial charge in [0.1, 0.15) is 0 Å². The molecule has 0 saturated carbocycles. The van der Waals surface area contributed by atoms with Crippen molar-refractivity contribution in [2.45, 2.75) is 44.3 Å². The van der Waals surface area contributed by atoms with Gasteiger partial charge in [-0.25, -0.2) is 0 Å². The lowest BCUT2D eigenvalue weighted by Crippen LogP contribution is -2.30. The summed E-state index contributed by atoms with van der Waals surface area (Å²) < 4.78 is 5.72. The molecule has 11 heavy (non-hydrogen) atoms. The standard InChI is InChI=1S/C9H15ClO/c1-9(2,3)11-8-6-4-5-7(8)10/h4-5,7-8H,6H2,1-3H3/t7-,8-/m1/s1. The van der Waals surface area contributed by atoms with Crippen molar-refractivity contribution in [3.05, 3.63) is 12.2 Å². The Kier molecular flexibility index (Phi) is 2.61. The monoisotopic (exact) mass is 174 g/mol. The lowest BCUT2D eigenvalue weighted by molar-refractivity contribution is -0.0518. The molecule has 1 aliphatic carbocycles. The predicted octanol–water partition coefficient (Wildman–Crippen LogP) is 2.74. The molecular weight excluding hydrogens is 160 g/mol. The topological polar surface area (TPSA) is 9.23 Å². The van der Waals surface area contributed by atoms with Crippen molar-refractivity contribution in [3.63, 3.8) is 0 Å². The Hall–Kier alpha value is -0.0100. The fraction of sp³-hybridized carbons (Fsp3) is 0.778. The zero-order chi connectivity index (χ0) is 8.48. The Balaban J connectivity index is 2.40. The van der Waals surface area contributed by atoms with Crippen LogP contribution < -0.4 is 0 Å². The van der Waals surface area contributed by atoms with Crippen molar-refractivity contribution in [3.8, 4) is 0 Å². The molecule has 1 aliphatic rings. The summed E-state index contributed by atoms with van der Waals surface area (Å²) in [7, 11) is 0. The summed E-state index contributed by atoms with van der Waals surface area (Å²) >= 11 is 5.97. The fourth-order valence-corrected chi connectivity index (χ4v) is 1.42. The van der Waals surface area contributed by atoms with Gasteiger partial charge < -0.3 is 4.74 Å². The van der Waals surface area contributed by atoms with E-state index < -0.39 is 0 Å². The molecule has 0 saturated heterocycles. The second kappa shape index (κ2) is 3.16. The average molecular weight is 175 g/mol. The summed E-state index contributed by atoms with van der Waals surface area (Å²) in [5.41, 5.74) is -0.0795. The van der Waals surface area contributed by atoms with Crippen LogP contribution in [0.5, 0.6) is 0 Å². The fourth-order valence-electron chi connectivity index (χ4n) is 1.16. The number of alkyl halides is 1. The highest BCUT2D eigenvalue weighted by molar-refractivity contribution is 6.22. The van der Waals surface area contributed by atoms with Crippen molar-refractivity contribution in [2.75, 3.05) is 0 Å². The van der Waals surface area contributed by atoms with E-state index in [1.807, 2.05) is 6.08 Å². The minimum Gasteiger partial charge on any atom is -0.370 e.